The maximum Gasteiger partial charge on any atom is 0.262 e. The number of benzene rings is 2. The van der Waals surface area contributed by atoms with Crippen LogP contribution in [0.2, 0.25) is 0 Å². The third kappa shape index (κ3) is 4.69. The Morgan fingerprint density at radius 1 is 1.08 bits per heavy atom. The first-order chi connectivity index (χ1) is 17.8. The Bertz CT molecular complexity index is 1350. The number of carbonyl (C=O) groups is 2. The largest absolute Gasteiger partial charge is 0.369 e. The van der Waals surface area contributed by atoms with Crippen molar-refractivity contribution < 1.29 is 14.0 Å². The molecule has 0 fully saturated rings. The van der Waals surface area contributed by atoms with Crippen LogP contribution in [0.4, 0.5) is 4.39 Å². The standard InChI is InChI=1S/C28H29FN6O2/c1-18(2)10-11-28(21-6-8-22(29)9-7-21)26(37)35(27(30)33-28)15-19-4-3-5-20(14-19)25(36)34-16-23-24(17-34)32-13-12-31-23/h3-9,12-14,18H,10-11,15-17H2,1-2H3,(H2,30,33). The van der Waals surface area contributed by atoms with Crippen LogP contribution >= 0.6 is 0 Å². The summed E-state index contributed by atoms with van der Waals surface area (Å²) in [4.78, 5) is 43.5. The van der Waals surface area contributed by atoms with Crippen LogP contribution in [-0.4, -0.2) is 37.5 Å². The predicted molar refractivity (Wildman–Crippen MR) is 136 cm³/mol. The van der Waals surface area contributed by atoms with Gasteiger partial charge >= 0.3 is 0 Å². The number of hydrogen-bond acceptors (Lipinski definition) is 6. The third-order valence-corrected chi connectivity index (χ3v) is 6.93. The van der Waals surface area contributed by atoms with E-state index in [0.717, 1.165) is 23.4 Å². The predicted octanol–water partition coefficient (Wildman–Crippen LogP) is 3.76. The lowest BCUT2D eigenvalue weighted by Crippen LogP contribution is -2.42. The minimum atomic E-state index is -1.20. The van der Waals surface area contributed by atoms with Gasteiger partial charge in [0.15, 0.2) is 11.5 Å². The summed E-state index contributed by atoms with van der Waals surface area (Å²) in [5.74, 6) is -0.298. The molecule has 2 amide bonds. The van der Waals surface area contributed by atoms with Crippen LogP contribution in [0.5, 0.6) is 0 Å². The van der Waals surface area contributed by atoms with Crippen molar-refractivity contribution >= 4 is 17.8 Å². The quantitative estimate of drug-likeness (QED) is 0.532. The van der Waals surface area contributed by atoms with Gasteiger partial charge in [0, 0.05) is 18.0 Å². The van der Waals surface area contributed by atoms with Crippen molar-refractivity contribution in [3.05, 3.63) is 94.8 Å². The van der Waals surface area contributed by atoms with Crippen LogP contribution in [0.15, 0.2) is 65.9 Å². The molecule has 0 spiro atoms. The summed E-state index contributed by atoms with van der Waals surface area (Å²) in [6.07, 6.45) is 4.46. The second-order valence-corrected chi connectivity index (χ2v) is 9.97. The highest BCUT2D eigenvalue weighted by Gasteiger charge is 2.48. The minimum absolute atomic E-state index is 0.113. The van der Waals surface area contributed by atoms with E-state index in [0.29, 0.717) is 36.6 Å². The monoisotopic (exact) mass is 500 g/mol. The zero-order chi connectivity index (χ0) is 26.2. The zero-order valence-corrected chi connectivity index (χ0v) is 20.9. The lowest BCUT2D eigenvalue weighted by molar-refractivity contribution is -0.132. The van der Waals surface area contributed by atoms with Gasteiger partial charge in [-0.3, -0.25) is 24.5 Å². The highest BCUT2D eigenvalue weighted by molar-refractivity contribution is 6.07. The van der Waals surface area contributed by atoms with Gasteiger partial charge in [0.25, 0.3) is 11.8 Å². The number of aliphatic imine (C=N–C) groups is 1. The fraction of sp³-hybridized carbons (Fsp3) is 0.321. The molecule has 3 heterocycles. The van der Waals surface area contributed by atoms with Crippen LogP contribution in [0, 0.1) is 11.7 Å². The number of halogens is 1. The zero-order valence-electron chi connectivity index (χ0n) is 20.9. The minimum Gasteiger partial charge on any atom is -0.369 e. The average molecular weight is 501 g/mol. The number of carbonyl (C=O) groups excluding carboxylic acids is 2. The van der Waals surface area contributed by atoms with E-state index in [4.69, 9.17) is 5.73 Å². The van der Waals surface area contributed by atoms with Gasteiger partial charge in [-0.15, -0.1) is 0 Å². The maximum atomic E-state index is 13.8. The van der Waals surface area contributed by atoms with Gasteiger partial charge in [0.2, 0.25) is 0 Å². The van der Waals surface area contributed by atoms with Gasteiger partial charge in [-0.1, -0.05) is 38.1 Å². The smallest absolute Gasteiger partial charge is 0.262 e. The third-order valence-electron chi connectivity index (χ3n) is 6.93. The molecule has 3 aromatic rings. The van der Waals surface area contributed by atoms with Gasteiger partial charge in [0.05, 0.1) is 31.0 Å². The molecule has 0 bridgehead atoms. The van der Waals surface area contributed by atoms with Crippen molar-refractivity contribution in [2.75, 3.05) is 0 Å². The number of hydrogen-bond donors (Lipinski definition) is 1. The summed E-state index contributed by atoms with van der Waals surface area (Å²) < 4.78 is 13.6. The van der Waals surface area contributed by atoms with Crippen LogP contribution in [0.3, 0.4) is 0 Å². The second-order valence-electron chi connectivity index (χ2n) is 9.97. The van der Waals surface area contributed by atoms with Crippen LogP contribution < -0.4 is 5.73 Å². The number of fused-ring (bicyclic) bond motifs is 1. The molecule has 2 aliphatic heterocycles. The lowest BCUT2D eigenvalue weighted by atomic mass is 9.83. The molecule has 0 aliphatic carbocycles. The first kappa shape index (κ1) is 24.5. The van der Waals surface area contributed by atoms with Crippen LogP contribution in [0.25, 0.3) is 0 Å². The van der Waals surface area contributed by atoms with Crippen molar-refractivity contribution in [1.29, 1.82) is 0 Å². The maximum absolute atomic E-state index is 13.8. The molecule has 2 aromatic carbocycles. The highest BCUT2D eigenvalue weighted by Crippen LogP contribution is 2.39. The van der Waals surface area contributed by atoms with E-state index in [2.05, 4.69) is 28.8 Å². The van der Waals surface area contributed by atoms with E-state index >= 15 is 0 Å². The molecular weight excluding hydrogens is 471 g/mol. The van der Waals surface area contributed by atoms with Crippen molar-refractivity contribution in [2.24, 2.45) is 16.6 Å². The molecule has 1 unspecified atom stereocenters. The fourth-order valence-electron chi connectivity index (χ4n) is 4.89. The van der Waals surface area contributed by atoms with E-state index in [1.165, 1.54) is 17.0 Å². The molecule has 2 N–H and O–H groups in total. The van der Waals surface area contributed by atoms with E-state index in [1.807, 2.05) is 6.07 Å². The van der Waals surface area contributed by atoms with Crippen LogP contribution in [0.1, 0.15) is 59.6 Å². The summed E-state index contributed by atoms with van der Waals surface area (Å²) in [6, 6.07) is 13.1. The number of nitrogens with zero attached hydrogens (tertiary/aromatic N) is 5. The van der Waals surface area contributed by atoms with Crippen molar-refractivity contribution in [1.82, 2.24) is 19.8 Å². The summed E-state index contributed by atoms with van der Waals surface area (Å²) in [5, 5.41) is 0. The van der Waals surface area contributed by atoms with Crippen molar-refractivity contribution in [3.8, 4) is 0 Å². The Labute approximate surface area is 215 Å². The molecule has 37 heavy (non-hydrogen) atoms. The lowest BCUT2D eigenvalue weighted by Gasteiger charge is -2.27. The fourth-order valence-corrected chi connectivity index (χ4v) is 4.89. The van der Waals surface area contributed by atoms with Gasteiger partial charge in [-0.2, -0.15) is 0 Å². The topological polar surface area (TPSA) is 105 Å². The van der Waals surface area contributed by atoms with E-state index in [9.17, 15) is 14.0 Å². The summed E-state index contributed by atoms with van der Waals surface area (Å²) in [7, 11) is 0. The van der Waals surface area contributed by atoms with E-state index < -0.39 is 5.54 Å². The van der Waals surface area contributed by atoms with E-state index in [1.54, 1.807) is 47.6 Å². The first-order valence-electron chi connectivity index (χ1n) is 12.4. The van der Waals surface area contributed by atoms with Crippen molar-refractivity contribution in [2.45, 2.75) is 51.9 Å². The molecule has 1 atom stereocenters. The normalized spacial score (nSPS) is 18.9. The Hall–Kier alpha value is -4.14. The Balaban J connectivity index is 1.37. The second kappa shape index (κ2) is 9.72. The molecule has 9 heteroatoms. The molecule has 190 valence electrons. The van der Waals surface area contributed by atoms with E-state index in [-0.39, 0.29) is 30.1 Å². The molecule has 2 aliphatic rings. The number of rotatable bonds is 7. The Morgan fingerprint density at radius 3 is 2.41 bits per heavy atom. The van der Waals surface area contributed by atoms with Crippen LogP contribution in [-0.2, 0) is 30.0 Å². The van der Waals surface area contributed by atoms with Gasteiger partial charge in [0.1, 0.15) is 5.82 Å². The molecule has 0 saturated heterocycles. The van der Waals surface area contributed by atoms with Gasteiger partial charge < -0.3 is 10.6 Å². The molecule has 1 aromatic heterocycles. The summed E-state index contributed by atoms with van der Waals surface area (Å²) in [5.41, 5.74) is 8.59. The first-order valence-corrected chi connectivity index (χ1v) is 12.4. The van der Waals surface area contributed by atoms with Gasteiger partial charge in [-0.25, -0.2) is 9.38 Å². The molecular formula is C28H29FN6O2. The molecule has 0 saturated carbocycles. The SMILES string of the molecule is CC(C)CCC1(c2ccc(F)cc2)N=C(N)N(Cc2cccc(C(=O)N3Cc4nccnc4C3)c2)C1=O. The van der Waals surface area contributed by atoms with Crippen molar-refractivity contribution in [3.63, 3.8) is 0 Å². The Kier molecular flexibility index (Phi) is 6.45. The Morgan fingerprint density at radius 2 is 1.76 bits per heavy atom. The number of amides is 2. The molecule has 0 radical (unpaired) electrons. The number of aromatic nitrogens is 2. The summed E-state index contributed by atoms with van der Waals surface area (Å²) in [6.45, 7) is 5.15. The molecule has 8 nitrogen and oxygen atoms in total. The van der Waals surface area contributed by atoms with Gasteiger partial charge in [-0.05, 0) is 54.2 Å². The highest BCUT2D eigenvalue weighted by atomic mass is 19.1. The molecule has 5 rings (SSSR count). The average Bonchev–Trinajstić information content (AvgIpc) is 3.43. The summed E-state index contributed by atoms with van der Waals surface area (Å²) >= 11 is 0. The number of guanidine groups is 1. The number of nitrogens with two attached hydrogens (primary N) is 1.